The van der Waals surface area contributed by atoms with Crippen molar-refractivity contribution < 1.29 is 18.8 Å². The number of amides is 1. The van der Waals surface area contributed by atoms with E-state index in [0.29, 0.717) is 28.2 Å². The first kappa shape index (κ1) is 22.3. The summed E-state index contributed by atoms with van der Waals surface area (Å²) in [4.78, 5) is 29.2. The fourth-order valence-electron chi connectivity index (χ4n) is 3.75. The molecule has 0 radical (unpaired) electrons. The summed E-state index contributed by atoms with van der Waals surface area (Å²) in [5, 5.41) is 7.52. The number of ether oxygens (including phenoxy) is 1. The van der Waals surface area contributed by atoms with Gasteiger partial charge in [-0.05, 0) is 44.2 Å². The highest BCUT2D eigenvalue weighted by atomic mass is 32.2. The van der Waals surface area contributed by atoms with Crippen molar-refractivity contribution in [3.63, 3.8) is 0 Å². The summed E-state index contributed by atoms with van der Waals surface area (Å²) in [6.45, 7) is 7.83. The molecule has 0 aliphatic heterocycles. The molecule has 7 nitrogen and oxygen atoms in total. The number of carbonyl (C=O) groups excluding carboxylic acids is 2. The summed E-state index contributed by atoms with van der Waals surface area (Å²) in [6, 6.07) is 3.48. The number of aryl methyl sites for hydroxylation is 2. The maximum Gasteiger partial charge on any atom is 0.341 e. The molecule has 0 spiro atoms. The molecular weight excluding hydrogens is 402 g/mol. The van der Waals surface area contributed by atoms with Crippen molar-refractivity contribution in [2.24, 2.45) is 11.8 Å². The maximum absolute atomic E-state index is 12.6. The van der Waals surface area contributed by atoms with Crippen molar-refractivity contribution in [3.8, 4) is 0 Å². The number of rotatable bonds is 7. The quantitative estimate of drug-likeness (QED) is 0.521. The van der Waals surface area contributed by atoms with Crippen LogP contribution in [0.5, 0.6) is 0 Å². The summed E-state index contributed by atoms with van der Waals surface area (Å²) in [5.74, 6) is 1.52. The van der Waals surface area contributed by atoms with Crippen LogP contribution in [0.3, 0.4) is 0 Å². The van der Waals surface area contributed by atoms with Gasteiger partial charge in [-0.2, -0.15) is 0 Å². The molecule has 1 N–H and O–H groups in total. The lowest BCUT2D eigenvalue weighted by molar-refractivity contribution is -0.125. The van der Waals surface area contributed by atoms with Gasteiger partial charge in [0.05, 0.1) is 11.3 Å². The Morgan fingerprint density at radius 2 is 2.10 bits per heavy atom. The topological polar surface area (TPSA) is 94.3 Å². The van der Waals surface area contributed by atoms with E-state index in [1.165, 1.54) is 18.2 Å². The minimum absolute atomic E-state index is 0.138. The molecule has 1 fully saturated rings. The number of hydrogen-bond donors (Lipinski definition) is 1. The van der Waals surface area contributed by atoms with Gasteiger partial charge in [-0.15, -0.1) is 11.8 Å². The molecule has 0 saturated heterocycles. The number of aromatic nitrogens is 2. The molecule has 3 atom stereocenters. The predicted octanol–water partition coefficient (Wildman–Crippen LogP) is 4.08. The zero-order chi connectivity index (χ0) is 21.7. The third kappa shape index (κ3) is 5.41. The molecule has 1 aliphatic carbocycles. The van der Waals surface area contributed by atoms with Crippen LogP contribution in [-0.2, 0) is 15.3 Å². The van der Waals surface area contributed by atoms with Gasteiger partial charge in [0.1, 0.15) is 10.8 Å². The van der Waals surface area contributed by atoms with Crippen molar-refractivity contribution in [2.75, 3.05) is 6.61 Å². The van der Waals surface area contributed by atoms with E-state index in [9.17, 15) is 9.59 Å². The highest BCUT2D eigenvalue weighted by Crippen LogP contribution is 2.30. The van der Waals surface area contributed by atoms with Crippen LogP contribution in [0.2, 0.25) is 0 Å². The van der Waals surface area contributed by atoms with Gasteiger partial charge in [-0.1, -0.05) is 31.8 Å². The Bertz CT molecular complexity index is 879. The molecule has 0 aromatic carbocycles. The van der Waals surface area contributed by atoms with Crippen LogP contribution in [0, 0.1) is 25.7 Å². The first-order valence-corrected chi connectivity index (χ1v) is 11.3. The third-order valence-electron chi connectivity index (χ3n) is 5.91. The Kier molecular flexibility index (Phi) is 7.53. The van der Waals surface area contributed by atoms with Gasteiger partial charge in [0.2, 0.25) is 0 Å². The number of thioether (sulfide) groups is 1. The minimum Gasteiger partial charge on any atom is -0.452 e. The molecule has 1 amide bonds. The Morgan fingerprint density at radius 1 is 1.30 bits per heavy atom. The molecule has 162 valence electrons. The predicted molar refractivity (Wildman–Crippen MR) is 114 cm³/mol. The second kappa shape index (κ2) is 10.1. The van der Waals surface area contributed by atoms with Crippen LogP contribution in [0.4, 0.5) is 0 Å². The van der Waals surface area contributed by atoms with Gasteiger partial charge in [0.15, 0.2) is 6.61 Å². The molecular formula is C22H29N3O4S. The fraction of sp³-hybridized carbons (Fsp3) is 0.545. The molecule has 2 heterocycles. The van der Waals surface area contributed by atoms with E-state index in [1.807, 2.05) is 13.8 Å². The van der Waals surface area contributed by atoms with Gasteiger partial charge >= 0.3 is 5.97 Å². The third-order valence-corrected chi connectivity index (χ3v) is 6.94. The minimum atomic E-state index is -0.551. The van der Waals surface area contributed by atoms with Gasteiger partial charge in [-0.3, -0.25) is 4.79 Å². The molecule has 3 rings (SSSR count). The number of hydrogen-bond acceptors (Lipinski definition) is 7. The SMILES string of the molecule is Cc1noc(C)c1CSc1ncccc1C(=O)OCC(=O)N[C@@H]1CCC[C@H](C)[C@@H]1C. The highest BCUT2D eigenvalue weighted by molar-refractivity contribution is 7.98. The summed E-state index contributed by atoms with van der Waals surface area (Å²) in [6.07, 6.45) is 4.90. The Hall–Kier alpha value is -2.35. The molecule has 0 unspecified atom stereocenters. The Morgan fingerprint density at radius 3 is 2.83 bits per heavy atom. The van der Waals surface area contributed by atoms with Gasteiger partial charge in [0, 0.05) is 23.6 Å². The first-order valence-electron chi connectivity index (χ1n) is 10.3. The number of esters is 1. The van der Waals surface area contributed by atoms with Crippen LogP contribution < -0.4 is 5.32 Å². The molecule has 2 aromatic heterocycles. The van der Waals surface area contributed by atoms with E-state index in [2.05, 4.69) is 29.3 Å². The molecule has 8 heteroatoms. The standard InChI is InChI=1S/C22H29N3O4S/c1-13-7-5-9-19(14(13)2)24-20(26)11-28-22(27)17-8-6-10-23-21(17)30-12-18-15(3)25-29-16(18)4/h6,8,10,13-14,19H,5,7,9,11-12H2,1-4H3,(H,24,26)/t13-,14-,19+/m0/s1. The van der Waals surface area contributed by atoms with E-state index in [-0.39, 0.29) is 18.6 Å². The van der Waals surface area contributed by atoms with Crippen molar-refractivity contribution in [2.45, 2.75) is 63.8 Å². The summed E-state index contributed by atoms with van der Waals surface area (Å²) in [7, 11) is 0. The van der Waals surface area contributed by atoms with Gasteiger partial charge in [0.25, 0.3) is 5.91 Å². The molecule has 1 aliphatic rings. The van der Waals surface area contributed by atoms with E-state index in [4.69, 9.17) is 9.26 Å². The molecule has 1 saturated carbocycles. The van der Waals surface area contributed by atoms with E-state index in [0.717, 1.165) is 29.9 Å². The van der Waals surface area contributed by atoms with Crippen molar-refractivity contribution in [3.05, 3.63) is 40.9 Å². The van der Waals surface area contributed by atoms with Crippen molar-refractivity contribution in [1.29, 1.82) is 0 Å². The average Bonchev–Trinajstić information content (AvgIpc) is 3.05. The van der Waals surface area contributed by atoms with Crippen LogP contribution in [0.25, 0.3) is 0 Å². The molecule has 2 aromatic rings. The van der Waals surface area contributed by atoms with Crippen LogP contribution in [0.15, 0.2) is 27.9 Å². The number of pyridine rings is 1. The Labute approximate surface area is 181 Å². The monoisotopic (exact) mass is 431 g/mol. The lowest BCUT2D eigenvalue weighted by Gasteiger charge is -2.34. The van der Waals surface area contributed by atoms with E-state index in [1.54, 1.807) is 18.3 Å². The second-order valence-corrected chi connectivity index (χ2v) is 8.93. The van der Waals surface area contributed by atoms with Gasteiger partial charge < -0.3 is 14.6 Å². The summed E-state index contributed by atoms with van der Waals surface area (Å²) >= 11 is 1.41. The number of nitrogens with zero attached hydrogens (tertiary/aromatic N) is 2. The zero-order valence-electron chi connectivity index (χ0n) is 17.9. The van der Waals surface area contributed by atoms with E-state index >= 15 is 0 Å². The number of nitrogens with one attached hydrogen (secondary N) is 1. The van der Waals surface area contributed by atoms with Crippen LogP contribution in [0.1, 0.15) is 60.5 Å². The first-order chi connectivity index (χ1) is 14.4. The Balaban J connectivity index is 1.56. The van der Waals surface area contributed by atoms with Crippen LogP contribution >= 0.6 is 11.8 Å². The molecule has 0 bridgehead atoms. The van der Waals surface area contributed by atoms with Crippen molar-refractivity contribution in [1.82, 2.24) is 15.5 Å². The number of carbonyl (C=O) groups is 2. The average molecular weight is 432 g/mol. The van der Waals surface area contributed by atoms with Crippen molar-refractivity contribution >= 4 is 23.6 Å². The van der Waals surface area contributed by atoms with Gasteiger partial charge in [-0.25, -0.2) is 9.78 Å². The summed E-state index contributed by atoms with van der Waals surface area (Å²) in [5.41, 5.74) is 2.16. The second-order valence-electron chi connectivity index (χ2n) is 7.96. The lowest BCUT2D eigenvalue weighted by Crippen LogP contribution is -2.45. The normalized spacial score (nSPS) is 21.3. The summed E-state index contributed by atoms with van der Waals surface area (Å²) < 4.78 is 10.5. The lowest BCUT2D eigenvalue weighted by atomic mass is 9.78. The fourth-order valence-corrected chi connectivity index (χ4v) is 4.89. The zero-order valence-corrected chi connectivity index (χ0v) is 18.8. The van der Waals surface area contributed by atoms with E-state index < -0.39 is 5.97 Å². The maximum atomic E-state index is 12.6. The highest BCUT2D eigenvalue weighted by Gasteiger charge is 2.28. The van der Waals surface area contributed by atoms with Crippen LogP contribution in [-0.4, -0.2) is 34.7 Å². The smallest absolute Gasteiger partial charge is 0.341 e. The largest absolute Gasteiger partial charge is 0.452 e. The molecule has 30 heavy (non-hydrogen) atoms.